The fourth-order valence-corrected chi connectivity index (χ4v) is 4.72. The van der Waals surface area contributed by atoms with E-state index in [9.17, 15) is 0 Å². The van der Waals surface area contributed by atoms with E-state index in [0.29, 0.717) is 0 Å². The molecule has 0 heterocycles. The Labute approximate surface area is 75.7 Å². The Morgan fingerprint density at radius 2 is 1.33 bits per heavy atom. The highest BCUT2D eigenvalue weighted by Gasteiger charge is 2.49. The van der Waals surface area contributed by atoms with E-state index in [4.69, 9.17) is 0 Å². The van der Waals surface area contributed by atoms with Crippen molar-refractivity contribution in [3.63, 3.8) is 0 Å². The average molecular weight is 164 g/mol. The Kier molecular flexibility index (Phi) is 1.40. The largest absolute Gasteiger partial charge is 0.0649 e. The van der Waals surface area contributed by atoms with Gasteiger partial charge in [0.25, 0.3) is 0 Å². The van der Waals surface area contributed by atoms with Crippen LogP contribution in [0.3, 0.4) is 0 Å². The fraction of sp³-hybridized carbons (Fsp3) is 1.00. The van der Waals surface area contributed by atoms with Crippen LogP contribution in [0.4, 0.5) is 0 Å². The molecule has 0 aliphatic heterocycles. The molecule has 0 aromatic heterocycles. The highest BCUT2D eigenvalue weighted by Crippen LogP contribution is 2.61. The van der Waals surface area contributed by atoms with Crippen LogP contribution in [-0.4, -0.2) is 0 Å². The maximum absolute atomic E-state index is 2.42. The van der Waals surface area contributed by atoms with E-state index < -0.39 is 0 Å². The molecule has 4 rings (SSSR count). The third kappa shape index (κ3) is 0.900. The van der Waals surface area contributed by atoms with Gasteiger partial charge >= 0.3 is 0 Å². The van der Waals surface area contributed by atoms with Crippen LogP contribution in [0.25, 0.3) is 0 Å². The summed E-state index contributed by atoms with van der Waals surface area (Å²) in [4.78, 5) is 0. The predicted molar refractivity (Wildman–Crippen MR) is 50.9 cm³/mol. The zero-order chi connectivity index (χ0) is 8.18. The lowest BCUT2D eigenvalue weighted by Crippen LogP contribution is -2.45. The lowest BCUT2D eigenvalue weighted by Gasteiger charge is -2.56. The molecule has 12 heavy (non-hydrogen) atoms. The van der Waals surface area contributed by atoms with Gasteiger partial charge in [-0.2, -0.15) is 0 Å². The van der Waals surface area contributed by atoms with E-state index in [1.165, 1.54) is 6.42 Å². The molecule has 0 radical (unpaired) electrons. The molecular formula is C12H20. The van der Waals surface area contributed by atoms with Gasteiger partial charge in [-0.05, 0) is 61.7 Å². The first-order chi connectivity index (χ1) is 5.80. The van der Waals surface area contributed by atoms with Crippen molar-refractivity contribution in [1.29, 1.82) is 0 Å². The van der Waals surface area contributed by atoms with Crippen molar-refractivity contribution >= 4 is 0 Å². The molecule has 0 amide bonds. The number of rotatable bonds is 1. The van der Waals surface area contributed by atoms with Crippen molar-refractivity contribution in [3.05, 3.63) is 0 Å². The lowest BCUT2D eigenvalue weighted by atomic mass is 9.49. The van der Waals surface area contributed by atoms with Crippen molar-refractivity contribution in [1.82, 2.24) is 0 Å². The second-order valence-corrected chi connectivity index (χ2v) is 5.77. The topological polar surface area (TPSA) is 0 Å². The van der Waals surface area contributed by atoms with Crippen LogP contribution < -0.4 is 0 Å². The van der Waals surface area contributed by atoms with Crippen LogP contribution in [0, 0.1) is 23.2 Å². The number of hydrogen-bond donors (Lipinski definition) is 0. The Morgan fingerprint density at radius 1 is 0.917 bits per heavy atom. The summed E-state index contributed by atoms with van der Waals surface area (Å²) >= 11 is 0. The normalized spacial score (nSPS) is 56.2. The summed E-state index contributed by atoms with van der Waals surface area (Å²) in [7, 11) is 0. The summed E-state index contributed by atoms with van der Waals surface area (Å²) in [5.41, 5.74) is 0.842. The van der Waals surface area contributed by atoms with Crippen LogP contribution in [0.5, 0.6) is 0 Å². The molecule has 0 saturated heterocycles. The first-order valence-electron chi connectivity index (χ1n) is 5.80. The van der Waals surface area contributed by atoms with Gasteiger partial charge in [-0.15, -0.1) is 0 Å². The molecule has 0 heteroatoms. The molecule has 0 N–H and O–H groups in total. The van der Waals surface area contributed by atoms with E-state index in [1.807, 2.05) is 0 Å². The standard InChI is InChI=1S/C12H20/c1-2-12-6-9-3-10(7-12)5-11(4-9)8-12/h9-11H,2-8H2,1H3. The molecule has 0 aromatic rings. The van der Waals surface area contributed by atoms with Gasteiger partial charge in [0.05, 0.1) is 0 Å². The van der Waals surface area contributed by atoms with Gasteiger partial charge in [0.1, 0.15) is 0 Å². The van der Waals surface area contributed by atoms with Crippen LogP contribution >= 0.6 is 0 Å². The maximum atomic E-state index is 2.42. The van der Waals surface area contributed by atoms with Crippen LogP contribution in [0.1, 0.15) is 51.9 Å². The zero-order valence-corrected chi connectivity index (χ0v) is 8.18. The fourth-order valence-electron chi connectivity index (χ4n) is 4.72. The Hall–Kier alpha value is 0. The second kappa shape index (κ2) is 2.27. The summed E-state index contributed by atoms with van der Waals surface area (Å²) < 4.78 is 0. The molecule has 0 nitrogen and oxygen atoms in total. The average Bonchev–Trinajstić information content (AvgIpc) is 2.02. The summed E-state index contributed by atoms with van der Waals surface area (Å²) in [5.74, 6) is 3.45. The van der Waals surface area contributed by atoms with E-state index in [-0.39, 0.29) is 0 Å². The summed E-state index contributed by atoms with van der Waals surface area (Å²) in [6, 6.07) is 0. The highest BCUT2D eigenvalue weighted by molar-refractivity contribution is 5.00. The summed E-state index contributed by atoms with van der Waals surface area (Å²) in [6.07, 6.45) is 11.0. The van der Waals surface area contributed by atoms with Crippen molar-refractivity contribution in [3.8, 4) is 0 Å². The smallest absolute Gasteiger partial charge is 0.0292 e. The molecule has 0 atom stereocenters. The van der Waals surface area contributed by atoms with Gasteiger partial charge in [-0.25, -0.2) is 0 Å². The van der Waals surface area contributed by atoms with Crippen molar-refractivity contribution in [2.75, 3.05) is 0 Å². The van der Waals surface area contributed by atoms with Gasteiger partial charge in [0.15, 0.2) is 0 Å². The van der Waals surface area contributed by atoms with Crippen LogP contribution in [0.15, 0.2) is 0 Å². The Balaban J connectivity index is 1.90. The summed E-state index contributed by atoms with van der Waals surface area (Å²) in [6.45, 7) is 2.42. The van der Waals surface area contributed by atoms with E-state index in [1.54, 1.807) is 38.5 Å². The van der Waals surface area contributed by atoms with E-state index >= 15 is 0 Å². The van der Waals surface area contributed by atoms with Gasteiger partial charge < -0.3 is 0 Å². The van der Waals surface area contributed by atoms with Crippen LogP contribution in [-0.2, 0) is 0 Å². The van der Waals surface area contributed by atoms with E-state index in [2.05, 4.69) is 6.92 Å². The third-order valence-electron chi connectivity index (χ3n) is 4.92. The molecule has 4 aliphatic rings. The molecule has 68 valence electrons. The van der Waals surface area contributed by atoms with Crippen molar-refractivity contribution in [2.45, 2.75) is 51.9 Å². The molecule has 0 unspecified atom stereocenters. The minimum absolute atomic E-state index is 0.842. The Bertz CT molecular complexity index is 157. The lowest BCUT2D eigenvalue weighted by molar-refractivity contribution is -0.0545. The van der Waals surface area contributed by atoms with Crippen LogP contribution in [0.2, 0.25) is 0 Å². The molecule has 0 spiro atoms. The minimum Gasteiger partial charge on any atom is -0.0649 e. The van der Waals surface area contributed by atoms with Gasteiger partial charge in [-0.3, -0.25) is 0 Å². The molecule has 4 aliphatic carbocycles. The van der Waals surface area contributed by atoms with Crippen molar-refractivity contribution < 1.29 is 0 Å². The van der Waals surface area contributed by atoms with E-state index in [0.717, 1.165) is 23.2 Å². The quantitative estimate of drug-likeness (QED) is 0.555. The second-order valence-electron chi connectivity index (χ2n) is 5.77. The van der Waals surface area contributed by atoms with Gasteiger partial charge in [0, 0.05) is 0 Å². The molecular weight excluding hydrogens is 144 g/mol. The molecule has 4 saturated carbocycles. The maximum Gasteiger partial charge on any atom is -0.0292 e. The van der Waals surface area contributed by atoms with Crippen molar-refractivity contribution in [2.24, 2.45) is 23.2 Å². The molecule has 4 bridgehead atoms. The first kappa shape index (κ1) is 7.41. The summed E-state index contributed by atoms with van der Waals surface area (Å²) in [5, 5.41) is 0. The minimum atomic E-state index is 0.842. The monoisotopic (exact) mass is 164 g/mol. The zero-order valence-electron chi connectivity index (χ0n) is 8.18. The van der Waals surface area contributed by atoms with Gasteiger partial charge in [0.2, 0.25) is 0 Å². The van der Waals surface area contributed by atoms with Gasteiger partial charge in [-0.1, -0.05) is 13.3 Å². The molecule has 4 fully saturated rings. The Morgan fingerprint density at radius 3 is 1.67 bits per heavy atom. The predicted octanol–water partition coefficient (Wildman–Crippen LogP) is 3.61. The SMILES string of the molecule is CCC12CC3CC(CC(C3)C1)C2. The third-order valence-corrected chi connectivity index (χ3v) is 4.92. The molecule has 0 aromatic carbocycles. The number of hydrogen-bond acceptors (Lipinski definition) is 0. The first-order valence-corrected chi connectivity index (χ1v) is 5.80. The highest BCUT2D eigenvalue weighted by atomic mass is 14.5.